The van der Waals surface area contributed by atoms with Crippen LogP contribution < -0.4 is 10.6 Å². The van der Waals surface area contributed by atoms with E-state index in [0.29, 0.717) is 30.1 Å². The van der Waals surface area contributed by atoms with E-state index in [1.54, 1.807) is 24.5 Å². The summed E-state index contributed by atoms with van der Waals surface area (Å²) in [5.41, 5.74) is 7.90. The van der Waals surface area contributed by atoms with Crippen molar-refractivity contribution in [2.45, 2.75) is 25.4 Å². The molecule has 3 heterocycles. The van der Waals surface area contributed by atoms with Crippen LogP contribution in [-0.2, 0) is 0 Å². The zero-order valence-corrected chi connectivity index (χ0v) is 18.0. The third kappa shape index (κ3) is 6.15. The van der Waals surface area contributed by atoms with Crippen LogP contribution in [0.5, 0.6) is 0 Å². The fourth-order valence-corrected chi connectivity index (χ4v) is 3.77. The molecule has 2 N–H and O–H groups in total. The van der Waals surface area contributed by atoms with Crippen LogP contribution in [0, 0.1) is 5.92 Å². The molecule has 0 spiro atoms. The Kier molecular flexibility index (Phi) is 7.30. The lowest BCUT2D eigenvalue weighted by atomic mass is 9.86. The molecule has 0 radical (unpaired) electrons. The number of aliphatic imine (C=N–C) groups is 1. The zero-order valence-electron chi connectivity index (χ0n) is 16.4. The summed E-state index contributed by atoms with van der Waals surface area (Å²) in [6.07, 6.45) is 3.78. The van der Waals surface area contributed by atoms with Gasteiger partial charge in [0.1, 0.15) is 10.4 Å². The summed E-state index contributed by atoms with van der Waals surface area (Å²) in [6.45, 7) is 5.61. The zero-order chi connectivity index (χ0) is 21.7. The highest BCUT2D eigenvalue weighted by atomic mass is 79.9. The first-order valence-corrected chi connectivity index (χ1v) is 10.5. The van der Waals surface area contributed by atoms with Gasteiger partial charge in [-0.05, 0) is 71.1 Å². The molecule has 1 aromatic heterocycles. The van der Waals surface area contributed by atoms with Crippen molar-refractivity contribution < 1.29 is 13.2 Å². The summed E-state index contributed by atoms with van der Waals surface area (Å²) < 4.78 is 38.1. The van der Waals surface area contributed by atoms with Crippen LogP contribution in [0.25, 0.3) is 0 Å². The van der Waals surface area contributed by atoms with E-state index in [9.17, 15) is 13.2 Å². The average molecular weight is 485 g/mol. The number of alkyl halides is 3. The highest BCUT2D eigenvalue weighted by Crippen LogP contribution is 2.36. The number of aromatic nitrogens is 2. The topological polar surface area (TPSA) is 70.6 Å². The molecule has 0 bridgehead atoms. The van der Waals surface area contributed by atoms with Gasteiger partial charge in [0.05, 0.1) is 13.0 Å². The maximum atomic E-state index is 12.5. The highest BCUT2D eigenvalue weighted by molar-refractivity contribution is 9.18. The first kappa shape index (κ1) is 22.5. The van der Waals surface area contributed by atoms with E-state index in [-0.39, 0.29) is 18.4 Å². The minimum absolute atomic E-state index is 0.0564. The van der Waals surface area contributed by atoms with Gasteiger partial charge < -0.3 is 15.5 Å². The SMILES string of the molecule is C=C/C(Br)=N\C=C1/CN(c2ccnc(N)n2)C=C1C1CCN(CCC(F)(F)F)CC1. The quantitative estimate of drug-likeness (QED) is 0.609. The minimum Gasteiger partial charge on any atom is -0.368 e. The van der Waals surface area contributed by atoms with Gasteiger partial charge in [-0.3, -0.25) is 0 Å². The molecule has 0 amide bonds. The molecule has 0 aliphatic carbocycles. The van der Waals surface area contributed by atoms with Crippen LogP contribution in [0.2, 0.25) is 0 Å². The molecule has 3 rings (SSSR count). The molecule has 6 nitrogen and oxygen atoms in total. The number of nitrogen functional groups attached to an aromatic ring is 1. The molecule has 0 atom stereocenters. The Bertz CT molecular complexity index is 856. The second-order valence-corrected chi connectivity index (χ2v) is 8.09. The first-order valence-electron chi connectivity index (χ1n) is 9.66. The molecule has 0 unspecified atom stereocenters. The predicted molar refractivity (Wildman–Crippen MR) is 116 cm³/mol. The Morgan fingerprint density at radius 3 is 2.73 bits per heavy atom. The number of rotatable bonds is 6. The van der Waals surface area contributed by atoms with Gasteiger partial charge in [-0.2, -0.15) is 18.2 Å². The summed E-state index contributed by atoms with van der Waals surface area (Å²) in [5, 5.41) is 0. The summed E-state index contributed by atoms with van der Waals surface area (Å²) in [4.78, 5) is 16.5. The van der Waals surface area contributed by atoms with E-state index in [2.05, 4.69) is 37.5 Å². The summed E-state index contributed by atoms with van der Waals surface area (Å²) in [5.74, 6) is 1.14. The van der Waals surface area contributed by atoms with Gasteiger partial charge in [-0.25, -0.2) is 9.98 Å². The van der Waals surface area contributed by atoms with Crippen LogP contribution in [-0.4, -0.2) is 51.8 Å². The second kappa shape index (κ2) is 9.74. The van der Waals surface area contributed by atoms with Crippen LogP contribution in [0.4, 0.5) is 24.9 Å². The molecule has 2 aliphatic heterocycles. The van der Waals surface area contributed by atoms with Crippen molar-refractivity contribution in [1.82, 2.24) is 14.9 Å². The second-order valence-electron chi connectivity index (χ2n) is 7.28. The van der Waals surface area contributed by atoms with E-state index in [0.717, 1.165) is 24.0 Å². The van der Waals surface area contributed by atoms with Crippen molar-refractivity contribution in [3.05, 3.63) is 48.5 Å². The van der Waals surface area contributed by atoms with Crippen LogP contribution in [0.3, 0.4) is 0 Å². The van der Waals surface area contributed by atoms with Crippen molar-refractivity contribution >= 4 is 32.3 Å². The molecule has 0 aromatic carbocycles. The Morgan fingerprint density at radius 1 is 1.37 bits per heavy atom. The van der Waals surface area contributed by atoms with E-state index in [1.165, 1.54) is 0 Å². The number of allylic oxidation sites excluding steroid dienone is 1. The van der Waals surface area contributed by atoms with E-state index in [4.69, 9.17) is 5.73 Å². The monoisotopic (exact) mass is 484 g/mol. The third-order valence-corrected chi connectivity index (χ3v) is 5.74. The molecule has 0 saturated carbocycles. The van der Waals surface area contributed by atoms with E-state index < -0.39 is 12.6 Å². The smallest absolute Gasteiger partial charge is 0.368 e. The molecular formula is C20H24BrF3N6. The van der Waals surface area contributed by atoms with E-state index in [1.807, 2.05) is 16.0 Å². The summed E-state index contributed by atoms with van der Waals surface area (Å²) in [7, 11) is 0. The molecular weight excluding hydrogens is 461 g/mol. The summed E-state index contributed by atoms with van der Waals surface area (Å²) in [6, 6.07) is 1.79. The van der Waals surface area contributed by atoms with Crippen molar-refractivity contribution in [1.29, 1.82) is 0 Å². The van der Waals surface area contributed by atoms with Gasteiger partial charge in [0.15, 0.2) is 0 Å². The number of hydrogen-bond acceptors (Lipinski definition) is 6. The lowest BCUT2D eigenvalue weighted by molar-refractivity contribution is -0.138. The number of piperidine rings is 1. The molecule has 2 aliphatic rings. The number of nitrogens with two attached hydrogens (primary N) is 1. The molecule has 1 fully saturated rings. The first-order chi connectivity index (χ1) is 14.2. The van der Waals surface area contributed by atoms with E-state index >= 15 is 0 Å². The lowest BCUT2D eigenvalue weighted by Gasteiger charge is -2.32. The van der Waals surface area contributed by atoms with Crippen molar-refractivity contribution in [3.8, 4) is 0 Å². The number of hydrogen-bond donors (Lipinski definition) is 1. The molecule has 1 aromatic rings. The minimum atomic E-state index is -4.11. The van der Waals surface area contributed by atoms with Gasteiger partial charge in [-0.15, -0.1) is 0 Å². The fourth-order valence-electron chi connectivity index (χ4n) is 3.67. The van der Waals surface area contributed by atoms with Gasteiger partial charge >= 0.3 is 6.18 Å². The largest absolute Gasteiger partial charge is 0.390 e. The Hall–Kier alpha value is -2.20. The highest BCUT2D eigenvalue weighted by Gasteiger charge is 2.32. The lowest BCUT2D eigenvalue weighted by Crippen LogP contribution is -2.36. The summed E-state index contributed by atoms with van der Waals surface area (Å²) >= 11 is 3.33. The number of halogens is 4. The van der Waals surface area contributed by atoms with Crippen molar-refractivity contribution in [3.63, 3.8) is 0 Å². The number of nitrogens with zero attached hydrogens (tertiary/aromatic N) is 5. The van der Waals surface area contributed by atoms with Crippen LogP contribution in [0.1, 0.15) is 19.3 Å². The standard InChI is InChI=1S/C20H24BrF3N6/c1-2-17(21)27-11-15-12-30(18-3-7-26-19(25)28-18)13-16(15)14-4-8-29(9-5-14)10-6-20(22,23)24/h2-3,7,11,13-14H,1,4-6,8-10,12H2,(H2,25,26,28)/b15-11+,27-17+. The molecule has 162 valence electrons. The third-order valence-electron chi connectivity index (χ3n) is 5.21. The molecule has 10 heteroatoms. The molecule has 1 saturated heterocycles. The van der Waals surface area contributed by atoms with Gasteiger partial charge in [0, 0.05) is 25.1 Å². The maximum absolute atomic E-state index is 12.5. The fraction of sp³-hybridized carbons (Fsp3) is 0.450. The van der Waals surface area contributed by atoms with Gasteiger partial charge in [-0.1, -0.05) is 6.58 Å². The average Bonchev–Trinajstić information content (AvgIpc) is 3.14. The molecule has 30 heavy (non-hydrogen) atoms. The Balaban J connectivity index is 1.75. The van der Waals surface area contributed by atoms with Crippen molar-refractivity contribution in [2.24, 2.45) is 10.9 Å². The predicted octanol–water partition coefficient (Wildman–Crippen LogP) is 4.29. The Morgan fingerprint density at radius 2 is 2.10 bits per heavy atom. The number of anilines is 2. The van der Waals surface area contributed by atoms with Crippen LogP contribution in [0.15, 0.2) is 53.5 Å². The van der Waals surface area contributed by atoms with Gasteiger partial charge in [0.25, 0.3) is 0 Å². The Labute approximate surface area is 182 Å². The van der Waals surface area contributed by atoms with Crippen molar-refractivity contribution in [2.75, 3.05) is 36.8 Å². The maximum Gasteiger partial charge on any atom is 0.390 e. The number of likely N-dealkylation sites (tertiary alicyclic amines) is 1. The normalized spacial score (nSPS) is 20.7. The van der Waals surface area contributed by atoms with Gasteiger partial charge in [0.2, 0.25) is 5.95 Å². The van der Waals surface area contributed by atoms with Crippen LogP contribution >= 0.6 is 15.9 Å².